The largest absolute Gasteiger partial charge is 0.494 e. The number of anilines is 1. The van der Waals surface area contributed by atoms with Gasteiger partial charge in [-0.15, -0.1) is 0 Å². The van der Waals surface area contributed by atoms with E-state index in [4.69, 9.17) is 4.74 Å². The van der Waals surface area contributed by atoms with Crippen molar-refractivity contribution < 1.29 is 24.0 Å². The maximum Gasteiger partial charge on any atom is 0.294 e. The van der Waals surface area contributed by atoms with Gasteiger partial charge in [-0.25, -0.2) is 0 Å². The second-order valence-electron chi connectivity index (χ2n) is 8.93. The van der Waals surface area contributed by atoms with Crippen molar-refractivity contribution in [1.82, 2.24) is 9.47 Å². The molecule has 11 heteroatoms. The summed E-state index contributed by atoms with van der Waals surface area (Å²) in [6, 6.07) is 20.8. The molecule has 202 valence electrons. The van der Waals surface area contributed by atoms with E-state index in [9.17, 15) is 24.5 Å². The summed E-state index contributed by atoms with van der Waals surface area (Å²) in [5.41, 5.74) is 2.86. The fourth-order valence-corrected chi connectivity index (χ4v) is 5.24. The zero-order chi connectivity index (χ0) is 28.2. The summed E-state index contributed by atoms with van der Waals surface area (Å²) in [5, 5.41) is 14.2. The molecule has 0 radical (unpaired) electrons. The topological polar surface area (TPSA) is 124 Å². The van der Waals surface area contributed by atoms with Gasteiger partial charge in [0.05, 0.1) is 16.4 Å². The van der Waals surface area contributed by atoms with E-state index in [0.717, 1.165) is 33.1 Å². The highest BCUT2D eigenvalue weighted by Crippen LogP contribution is 2.34. The van der Waals surface area contributed by atoms with Gasteiger partial charge >= 0.3 is 0 Å². The summed E-state index contributed by atoms with van der Waals surface area (Å²) >= 11 is 0.777. The summed E-state index contributed by atoms with van der Waals surface area (Å²) in [4.78, 5) is 50.2. The summed E-state index contributed by atoms with van der Waals surface area (Å²) in [5.74, 6) is -0.378. The molecule has 3 aromatic carbocycles. The summed E-state index contributed by atoms with van der Waals surface area (Å²) < 4.78 is 7.33. The van der Waals surface area contributed by atoms with Gasteiger partial charge in [-0.05, 0) is 60.7 Å². The smallest absolute Gasteiger partial charge is 0.294 e. The number of fused-ring (bicyclic) bond motifs is 1. The molecule has 2 heterocycles. The molecule has 0 unspecified atom stereocenters. The van der Waals surface area contributed by atoms with Gasteiger partial charge in [0.15, 0.2) is 0 Å². The number of nitro benzene ring substituents is 1. The molecule has 0 aliphatic carbocycles. The molecule has 5 rings (SSSR count). The van der Waals surface area contributed by atoms with E-state index >= 15 is 0 Å². The van der Waals surface area contributed by atoms with E-state index in [0.29, 0.717) is 30.2 Å². The number of non-ortho nitro benzene ring substituents is 1. The number of nitrogens with zero attached hydrogens (tertiary/aromatic N) is 3. The Morgan fingerprint density at radius 1 is 1.07 bits per heavy atom. The highest BCUT2D eigenvalue weighted by Gasteiger charge is 2.36. The quantitative estimate of drug-likeness (QED) is 0.160. The van der Waals surface area contributed by atoms with Crippen molar-refractivity contribution in [3.63, 3.8) is 0 Å². The Labute approximate surface area is 233 Å². The van der Waals surface area contributed by atoms with Crippen molar-refractivity contribution in [3.8, 4) is 5.75 Å². The number of imide groups is 1. The number of ether oxygens (including phenoxy) is 1. The molecule has 4 aromatic rings. The van der Waals surface area contributed by atoms with Crippen molar-refractivity contribution in [2.24, 2.45) is 0 Å². The van der Waals surface area contributed by atoms with Crippen LogP contribution in [0.5, 0.6) is 5.75 Å². The number of nitrogens with one attached hydrogen (secondary N) is 1. The van der Waals surface area contributed by atoms with Gasteiger partial charge in [0, 0.05) is 47.0 Å². The Morgan fingerprint density at radius 2 is 1.85 bits per heavy atom. The van der Waals surface area contributed by atoms with Crippen LogP contribution in [0.1, 0.15) is 18.1 Å². The van der Waals surface area contributed by atoms with Gasteiger partial charge in [0.25, 0.3) is 16.8 Å². The normalized spacial score (nSPS) is 14.2. The van der Waals surface area contributed by atoms with Crippen molar-refractivity contribution in [2.45, 2.75) is 13.5 Å². The van der Waals surface area contributed by atoms with Crippen molar-refractivity contribution in [1.29, 1.82) is 0 Å². The number of benzene rings is 3. The number of hydrogen-bond donors (Lipinski definition) is 1. The molecule has 1 aromatic heterocycles. The Balaban J connectivity index is 1.34. The van der Waals surface area contributed by atoms with E-state index in [1.165, 1.54) is 12.1 Å². The summed E-state index contributed by atoms with van der Waals surface area (Å²) in [6.45, 7) is 2.36. The first-order valence-electron chi connectivity index (χ1n) is 12.4. The predicted molar refractivity (Wildman–Crippen MR) is 153 cm³/mol. The van der Waals surface area contributed by atoms with Crippen molar-refractivity contribution in [2.75, 3.05) is 18.5 Å². The molecule has 0 saturated carbocycles. The third kappa shape index (κ3) is 5.74. The molecule has 3 amide bonds. The molecule has 0 atom stereocenters. The molecule has 1 saturated heterocycles. The maximum atomic E-state index is 13.1. The number of nitro groups is 1. The van der Waals surface area contributed by atoms with Gasteiger partial charge in [0.1, 0.15) is 12.3 Å². The Kier molecular flexibility index (Phi) is 7.65. The summed E-state index contributed by atoms with van der Waals surface area (Å²) in [7, 11) is 0. The molecule has 0 spiro atoms. The fourth-order valence-electron chi connectivity index (χ4n) is 4.41. The Morgan fingerprint density at radius 3 is 2.60 bits per heavy atom. The molecular formula is C29H24N4O6S. The van der Waals surface area contributed by atoms with Crippen LogP contribution in [0.2, 0.25) is 0 Å². The number of rotatable bonds is 9. The lowest BCUT2D eigenvalue weighted by Gasteiger charge is -2.12. The van der Waals surface area contributed by atoms with Gasteiger partial charge < -0.3 is 14.6 Å². The van der Waals surface area contributed by atoms with Crippen LogP contribution in [-0.2, 0) is 16.1 Å². The monoisotopic (exact) mass is 556 g/mol. The van der Waals surface area contributed by atoms with E-state index < -0.39 is 28.5 Å². The number of carbonyl (C=O) groups is 3. The van der Waals surface area contributed by atoms with E-state index in [1.807, 2.05) is 48.0 Å². The zero-order valence-electron chi connectivity index (χ0n) is 21.4. The lowest BCUT2D eigenvalue weighted by Crippen LogP contribution is -2.36. The minimum Gasteiger partial charge on any atom is -0.494 e. The van der Waals surface area contributed by atoms with Crippen LogP contribution in [0.4, 0.5) is 16.2 Å². The third-order valence-corrected chi connectivity index (χ3v) is 7.11. The number of thioether (sulfide) groups is 1. The average Bonchev–Trinajstić information content (AvgIpc) is 3.41. The van der Waals surface area contributed by atoms with Gasteiger partial charge in [-0.1, -0.05) is 30.3 Å². The lowest BCUT2D eigenvalue weighted by atomic mass is 10.1. The maximum absolute atomic E-state index is 13.1. The number of hydrogen-bond acceptors (Lipinski definition) is 7. The number of aromatic nitrogens is 1. The van der Waals surface area contributed by atoms with Crippen molar-refractivity contribution >= 4 is 57.2 Å². The lowest BCUT2D eigenvalue weighted by molar-refractivity contribution is -0.384. The van der Waals surface area contributed by atoms with E-state index in [1.54, 1.807) is 36.4 Å². The fraction of sp³-hybridized carbons (Fsp3) is 0.138. The second kappa shape index (κ2) is 11.5. The Bertz CT molecular complexity index is 1660. The first-order valence-corrected chi connectivity index (χ1v) is 13.2. The molecule has 0 bridgehead atoms. The van der Waals surface area contributed by atoms with Crippen LogP contribution in [0, 0.1) is 10.1 Å². The molecule has 1 N–H and O–H groups in total. The number of amides is 3. The number of carbonyl (C=O) groups excluding carboxylic acids is 3. The highest BCUT2D eigenvalue weighted by atomic mass is 32.2. The number of para-hydroxylation sites is 1. The van der Waals surface area contributed by atoms with Crippen LogP contribution in [0.3, 0.4) is 0 Å². The van der Waals surface area contributed by atoms with Crippen LogP contribution >= 0.6 is 11.8 Å². The van der Waals surface area contributed by atoms with Gasteiger partial charge in [-0.3, -0.25) is 29.4 Å². The second-order valence-corrected chi connectivity index (χ2v) is 9.92. The van der Waals surface area contributed by atoms with Crippen LogP contribution in [0.25, 0.3) is 17.0 Å². The molecule has 10 nitrogen and oxygen atoms in total. The minimum absolute atomic E-state index is 0.00872. The first-order chi connectivity index (χ1) is 19.3. The summed E-state index contributed by atoms with van der Waals surface area (Å²) in [6.07, 6.45) is 3.48. The van der Waals surface area contributed by atoms with Gasteiger partial charge in [0.2, 0.25) is 5.91 Å². The molecule has 1 fully saturated rings. The zero-order valence-corrected chi connectivity index (χ0v) is 22.2. The minimum atomic E-state index is -0.549. The van der Waals surface area contributed by atoms with Crippen LogP contribution < -0.4 is 10.1 Å². The third-order valence-electron chi connectivity index (χ3n) is 6.20. The first kappa shape index (κ1) is 26.7. The molecular weight excluding hydrogens is 532 g/mol. The predicted octanol–water partition coefficient (Wildman–Crippen LogP) is 5.67. The Hall–Kier alpha value is -4.90. The highest BCUT2D eigenvalue weighted by molar-refractivity contribution is 8.18. The van der Waals surface area contributed by atoms with E-state index in [2.05, 4.69) is 5.32 Å². The van der Waals surface area contributed by atoms with Crippen LogP contribution in [-0.4, -0.2) is 44.6 Å². The standard InChI is InChI=1S/C29H24N4O6S/c1-2-39-23-12-10-21(11-13-23)30-27(34)18-32-28(35)26(40-29(32)36)15-20-17-31(25-9-4-3-8-24(20)25)16-19-6-5-7-22(14-19)33(37)38/h3-15,17H,2,16,18H2,1H3,(H,30,34)/b26-15+. The van der Waals surface area contributed by atoms with E-state index in [-0.39, 0.29) is 10.6 Å². The molecule has 1 aliphatic heterocycles. The van der Waals surface area contributed by atoms with Crippen LogP contribution in [0.15, 0.2) is 83.9 Å². The SMILES string of the molecule is CCOc1ccc(NC(=O)CN2C(=O)S/C(=C/c3cn(Cc4cccc([N+](=O)[O-])c4)c4ccccc34)C2=O)cc1. The van der Waals surface area contributed by atoms with Gasteiger partial charge in [-0.2, -0.15) is 0 Å². The molecule has 1 aliphatic rings. The molecule has 40 heavy (non-hydrogen) atoms. The van der Waals surface area contributed by atoms with Crippen molar-refractivity contribution in [3.05, 3.63) is 105 Å². The average molecular weight is 557 g/mol.